The van der Waals surface area contributed by atoms with Crippen molar-refractivity contribution in [3.63, 3.8) is 0 Å². The highest BCUT2D eigenvalue weighted by Crippen LogP contribution is 1.64. The van der Waals surface area contributed by atoms with Gasteiger partial charge in [-0.15, -0.1) is 0 Å². The molecule has 12 heavy (non-hydrogen) atoms. The van der Waals surface area contributed by atoms with Crippen LogP contribution >= 0.6 is 0 Å². The average molecular weight is 177 g/mol. The van der Waals surface area contributed by atoms with E-state index in [1.54, 1.807) is 6.07 Å². The quantitative estimate of drug-likeness (QED) is 0.660. The molecule has 0 unspecified atom stereocenters. The van der Waals surface area contributed by atoms with Crippen molar-refractivity contribution in [2.75, 3.05) is 26.4 Å². The van der Waals surface area contributed by atoms with Gasteiger partial charge in [-0.2, -0.15) is 5.26 Å². The second-order valence-corrected chi connectivity index (χ2v) is 1.45. The Morgan fingerprint density at radius 3 is 1.42 bits per heavy atom. The van der Waals surface area contributed by atoms with Gasteiger partial charge in [0.05, 0.1) is 19.3 Å². The normalized spacial score (nSPS) is 6.67. The van der Waals surface area contributed by atoms with E-state index in [4.69, 9.17) is 20.2 Å². The van der Waals surface area contributed by atoms with Crippen LogP contribution in [-0.4, -0.2) is 36.6 Å². The summed E-state index contributed by atoms with van der Waals surface area (Å²) in [7, 11) is 0. The average Bonchev–Trinajstić information content (AvgIpc) is 2.08. The zero-order valence-corrected chi connectivity index (χ0v) is 8.08. The molecule has 0 aromatic heterocycles. The van der Waals surface area contributed by atoms with Gasteiger partial charge in [0, 0.05) is 20.1 Å². The Kier molecular flexibility index (Phi) is 45.9. The van der Waals surface area contributed by atoms with Crippen LogP contribution in [0.1, 0.15) is 20.8 Å². The lowest BCUT2D eigenvalue weighted by atomic mass is 10.8. The smallest absolute Gasteiger partial charge is 0.0662 e. The summed E-state index contributed by atoms with van der Waals surface area (Å²) in [5, 5.41) is 22.6. The number of aliphatic hydroxyl groups excluding tert-OH is 2. The zero-order valence-electron chi connectivity index (χ0n) is 8.08. The zero-order chi connectivity index (χ0) is 10.2. The molecule has 0 fully saturated rings. The van der Waals surface area contributed by atoms with E-state index in [1.807, 2.05) is 13.8 Å². The van der Waals surface area contributed by atoms with Crippen molar-refractivity contribution < 1.29 is 14.9 Å². The Morgan fingerprint density at radius 1 is 1.17 bits per heavy atom. The third-order valence-corrected chi connectivity index (χ3v) is 0.508. The van der Waals surface area contributed by atoms with Crippen molar-refractivity contribution in [1.29, 1.82) is 5.26 Å². The number of ether oxygens (including phenoxy) is 1. The van der Waals surface area contributed by atoms with Gasteiger partial charge in [-0.05, 0) is 13.8 Å². The van der Waals surface area contributed by atoms with Gasteiger partial charge in [-0.1, -0.05) is 0 Å². The first kappa shape index (κ1) is 17.5. The fourth-order valence-electron chi connectivity index (χ4n) is 0.204. The van der Waals surface area contributed by atoms with Gasteiger partial charge in [0.1, 0.15) is 0 Å². The largest absolute Gasteiger partial charge is 0.394 e. The Morgan fingerprint density at radius 2 is 1.42 bits per heavy atom. The summed E-state index contributed by atoms with van der Waals surface area (Å²) in [5.74, 6) is 0. The van der Waals surface area contributed by atoms with Gasteiger partial charge < -0.3 is 14.9 Å². The molecule has 0 bridgehead atoms. The second kappa shape index (κ2) is 31.6. The second-order valence-electron chi connectivity index (χ2n) is 1.45. The summed E-state index contributed by atoms with van der Waals surface area (Å²) in [5.41, 5.74) is 0. The summed E-state index contributed by atoms with van der Waals surface area (Å²) >= 11 is 0. The van der Waals surface area contributed by atoms with E-state index >= 15 is 0 Å². The number of hydrogen-bond donors (Lipinski definition) is 2. The Labute approximate surface area is 74.4 Å². The minimum Gasteiger partial charge on any atom is -0.394 e. The van der Waals surface area contributed by atoms with Crippen LogP contribution in [0.15, 0.2) is 0 Å². The monoisotopic (exact) mass is 177 g/mol. The lowest BCUT2D eigenvalue weighted by Crippen LogP contribution is -1.85. The minimum absolute atomic E-state index is 0.125. The molecule has 0 aliphatic heterocycles. The summed E-state index contributed by atoms with van der Waals surface area (Å²) in [6, 6.07) is 1.75. The molecule has 0 atom stereocenters. The predicted octanol–water partition coefficient (Wildman–Crippen LogP) is 0.544. The molecular weight excluding hydrogens is 158 g/mol. The van der Waals surface area contributed by atoms with E-state index < -0.39 is 0 Å². The molecule has 0 rings (SSSR count). The standard InChI is InChI=1S/C4H10O.C2H3N.C2H6O2/c1-3-5-4-2;1-2-3;3-1-2-4/h3-4H2,1-2H3;1H3;3-4H,1-2H2. The molecule has 0 saturated carbocycles. The van der Waals surface area contributed by atoms with E-state index in [0.29, 0.717) is 0 Å². The van der Waals surface area contributed by atoms with Gasteiger partial charge in [-0.25, -0.2) is 0 Å². The molecule has 0 amide bonds. The third kappa shape index (κ3) is 117. The Balaban J connectivity index is -0.000000105. The first-order valence-corrected chi connectivity index (χ1v) is 3.85. The fourth-order valence-corrected chi connectivity index (χ4v) is 0.204. The SMILES string of the molecule is CC#N.CCOCC.OCCO. The molecule has 0 spiro atoms. The highest BCUT2D eigenvalue weighted by Gasteiger charge is 1.64. The molecule has 2 N–H and O–H groups in total. The summed E-state index contributed by atoms with van der Waals surface area (Å²) < 4.78 is 4.83. The molecule has 0 heterocycles. The molecular formula is C8H19NO3. The van der Waals surface area contributed by atoms with Crippen molar-refractivity contribution in [3.8, 4) is 6.07 Å². The first-order chi connectivity index (χ1) is 5.74. The number of nitriles is 1. The lowest BCUT2D eigenvalue weighted by molar-refractivity contribution is 0.162. The molecule has 4 nitrogen and oxygen atoms in total. The van der Waals surface area contributed by atoms with Crippen LogP contribution in [0.3, 0.4) is 0 Å². The maximum Gasteiger partial charge on any atom is 0.0662 e. The third-order valence-electron chi connectivity index (χ3n) is 0.508. The van der Waals surface area contributed by atoms with E-state index in [1.165, 1.54) is 6.92 Å². The number of nitrogens with zero attached hydrogens (tertiary/aromatic N) is 1. The molecule has 0 aliphatic carbocycles. The minimum atomic E-state index is -0.125. The number of aliphatic hydroxyl groups is 2. The van der Waals surface area contributed by atoms with Crippen LogP contribution in [0.2, 0.25) is 0 Å². The number of hydrogen-bond acceptors (Lipinski definition) is 4. The molecule has 0 saturated heterocycles. The number of rotatable bonds is 3. The van der Waals surface area contributed by atoms with Crippen LogP contribution in [0.5, 0.6) is 0 Å². The fraction of sp³-hybridized carbons (Fsp3) is 0.875. The van der Waals surface area contributed by atoms with Crippen molar-refractivity contribution in [2.45, 2.75) is 20.8 Å². The van der Waals surface area contributed by atoms with Crippen molar-refractivity contribution >= 4 is 0 Å². The lowest BCUT2D eigenvalue weighted by Gasteiger charge is -1.86. The highest BCUT2D eigenvalue weighted by molar-refractivity contribution is 4.51. The van der Waals surface area contributed by atoms with Crippen molar-refractivity contribution in [3.05, 3.63) is 0 Å². The molecule has 4 heteroatoms. The molecule has 0 aromatic rings. The van der Waals surface area contributed by atoms with Crippen molar-refractivity contribution in [1.82, 2.24) is 0 Å². The van der Waals surface area contributed by atoms with Crippen molar-refractivity contribution in [2.24, 2.45) is 0 Å². The predicted molar refractivity (Wildman–Crippen MR) is 47.6 cm³/mol. The highest BCUT2D eigenvalue weighted by atomic mass is 16.5. The van der Waals surface area contributed by atoms with Gasteiger partial charge in [0.25, 0.3) is 0 Å². The van der Waals surface area contributed by atoms with Crippen LogP contribution < -0.4 is 0 Å². The Hall–Kier alpha value is -0.630. The van der Waals surface area contributed by atoms with E-state index in [9.17, 15) is 0 Å². The van der Waals surface area contributed by atoms with E-state index in [-0.39, 0.29) is 13.2 Å². The Bertz CT molecular complexity index is 76.9. The molecule has 0 aromatic carbocycles. The molecule has 0 radical (unpaired) electrons. The van der Waals surface area contributed by atoms with Gasteiger partial charge in [-0.3, -0.25) is 0 Å². The maximum absolute atomic E-state index is 7.62. The van der Waals surface area contributed by atoms with Crippen LogP contribution in [0.25, 0.3) is 0 Å². The molecule has 74 valence electrons. The van der Waals surface area contributed by atoms with Crippen LogP contribution in [0.4, 0.5) is 0 Å². The van der Waals surface area contributed by atoms with E-state index in [0.717, 1.165) is 13.2 Å². The molecule has 0 aliphatic rings. The topological polar surface area (TPSA) is 73.5 Å². The van der Waals surface area contributed by atoms with Gasteiger partial charge in [0.2, 0.25) is 0 Å². The van der Waals surface area contributed by atoms with Gasteiger partial charge in [0.15, 0.2) is 0 Å². The first-order valence-electron chi connectivity index (χ1n) is 3.85. The summed E-state index contributed by atoms with van der Waals surface area (Å²) in [6.07, 6.45) is 0. The van der Waals surface area contributed by atoms with Crippen LogP contribution in [-0.2, 0) is 4.74 Å². The summed E-state index contributed by atoms with van der Waals surface area (Å²) in [6.45, 7) is 6.85. The van der Waals surface area contributed by atoms with E-state index in [2.05, 4.69) is 0 Å². The van der Waals surface area contributed by atoms with Crippen LogP contribution in [0, 0.1) is 11.3 Å². The summed E-state index contributed by atoms with van der Waals surface area (Å²) in [4.78, 5) is 0. The van der Waals surface area contributed by atoms with Gasteiger partial charge >= 0.3 is 0 Å². The maximum atomic E-state index is 7.62.